The number of hydrogen-bond acceptors (Lipinski definition) is 1. The van der Waals surface area contributed by atoms with Crippen LogP contribution >= 0.6 is 0 Å². The highest BCUT2D eigenvalue weighted by atomic mass is 19.2. The lowest BCUT2D eigenvalue weighted by molar-refractivity contribution is 0.314. The first kappa shape index (κ1) is 15.4. The Balaban J connectivity index is 2.02. The first-order valence-electron chi connectivity index (χ1n) is 7.44. The normalized spacial score (nSPS) is 18.2. The van der Waals surface area contributed by atoms with Crippen molar-refractivity contribution in [1.82, 2.24) is 5.32 Å². The van der Waals surface area contributed by atoms with Gasteiger partial charge >= 0.3 is 0 Å². The zero-order valence-corrected chi connectivity index (χ0v) is 11.9. The summed E-state index contributed by atoms with van der Waals surface area (Å²) < 4.78 is 40.1. The molecule has 0 spiro atoms. The Bertz CT molecular complexity index is 442. The first-order chi connectivity index (χ1) is 9.63. The minimum absolute atomic E-state index is 0.224. The SMILES string of the molecule is CNC(CCC1CCCCC1)c1ccc(F)c(F)c1F. The molecule has 0 heterocycles. The summed E-state index contributed by atoms with van der Waals surface area (Å²) in [6.07, 6.45) is 8.08. The van der Waals surface area contributed by atoms with Crippen molar-refractivity contribution in [2.45, 2.75) is 51.0 Å². The van der Waals surface area contributed by atoms with Crippen LogP contribution in [0.2, 0.25) is 0 Å². The maximum atomic E-state index is 13.8. The van der Waals surface area contributed by atoms with Gasteiger partial charge in [-0.1, -0.05) is 38.2 Å². The molecule has 0 radical (unpaired) electrons. The lowest BCUT2D eigenvalue weighted by Gasteiger charge is -2.24. The molecule has 1 aliphatic carbocycles. The Kier molecular flexibility index (Phi) is 5.46. The van der Waals surface area contributed by atoms with Gasteiger partial charge in [-0.25, -0.2) is 13.2 Å². The summed E-state index contributed by atoms with van der Waals surface area (Å²) in [7, 11) is 1.73. The molecule has 0 saturated heterocycles. The molecular formula is C16H22F3N. The molecule has 1 N–H and O–H groups in total. The van der Waals surface area contributed by atoms with Crippen molar-refractivity contribution >= 4 is 0 Å². The van der Waals surface area contributed by atoms with E-state index in [2.05, 4.69) is 5.32 Å². The van der Waals surface area contributed by atoms with Gasteiger partial charge in [0.25, 0.3) is 0 Å². The number of benzene rings is 1. The molecule has 1 aromatic carbocycles. The van der Waals surface area contributed by atoms with Crippen LogP contribution < -0.4 is 5.32 Å². The summed E-state index contributed by atoms with van der Waals surface area (Å²) in [6, 6.07) is 2.08. The molecule has 1 unspecified atom stereocenters. The van der Waals surface area contributed by atoms with Gasteiger partial charge in [-0.2, -0.15) is 0 Å². The third-order valence-electron chi connectivity index (χ3n) is 4.38. The summed E-state index contributed by atoms with van der Waals surface area (Å²) in [6.45, 7) is 0. The largest absolute Gasteiger partial charge is 0.313 e. The van der Waals surface area contributed by atoms with Crippen LogP contribution in [0.25, 0.3) is 0 Å². The van der Waals surface area contributed by atoms with Crippen molar-refractivity contribution in [3.63, 3.8) is 0 Å². The van der Waals surface area contributed by atoms with Gasteiger partial charge in [0, 0.05) is 11.6 Å². The van der Waals surface area contributed by atoms with Crippen molar-refractivity contribution in [1.29, 1.82) is 0 Å². The minimum atomic E-state index is -1.37. The van der Waals surface area contributed by atoms with Crippen LogP contribution in [0.5, 0.6) is 0 Å². The van der Waals surface area contributed by atoms with Crippen molar-refractivity contribution in [3.8, 4) is 0 Å². The standard InChI is InChI=1S/C16H22F3N/c1-20-14(10-7-11-5-3-2-4-6-11)12-8-9-13(17)16(19)15(12)18/h8-9,11,14,20H,2-7,10H2,1H3. The van der Waals surface area contributed by atoms with Crippen molar-refractivity contribution in [2.75, 3.05) is 7.05 Å². The molecule has 1 aliphatic rings. The van der Waals surface area contributed by atoms with Crippen LogP contribution in [0.4, 0.5) is 13.2 Å². The number of rotatable bonds is 5. The highest BCUT2D eigenvalue weighted by molar-refractivity contribution is 5.23. The molecule has 2 rings (SSSR count). The fourth-order valence-corrected chi connectivity index (χ4v) is 3.14. The van der Waals surface area contributed by atoms with Crippen LogP contribution in [0.1, 0.15) is 56.6 Å². The Labute approximate surface area is 118 Å². The summed E-state index contributed by atoms with van der Waals surface area (Å²) in [5.74, 6) is -2.88. The average molecular weight is 285 g/mol. The average Bonchev–Trinajstić information content (AvgIpc) is 2.48. The Morgan fingerprint density at radius 2 is 1.80 bits per heavy atom. The molecule has 20 heavy (non-hydrogen) atoms. The summed E-state index contributed by atoms with van der Waals surface area (Å²) in [5, 5.41) is 3.02. The maximum absolute atomic E-state index is 13.8. The lowest BCUT2D eigenvalue weighted by Crippen LogP contribution is -2.20. The van der Waals surface area contributed by atoms with Crippen molar-refractivity contribution in [2.24, 2.45) is 5.92 Å². The molecule has 4 heteroatoms. The van der Waals surface area contributed by atoms with Gasteiger partial charge in [-0.3, -0.25) is 0 Å². The van der Waals surface area contributed by atoms with E-state index in [-0.39, 0.29) is 11.6 Å². The van der Waals surface area contributed by atoms with Gasteiger partial charge in [-0.15, -0.1) is 0 Å². The Hall–Kier alpha value is -1.03. The monoisotopic (exact) mass is 285 g/mol. The van der Waals surface area contributed by atoms with Crippen LogP contribution in [-0.4, -0.2) is 7.05 Å². The molecule has 1 aromatic rings. The van der Waals surface area contributed by atoms with Gasteiger partial charge in [0.2, 0.25) is 0 Å². The van der Waals surface area contributed by atoms with E-state index in [1.54, 1.807) is 7.05 Å². The van der Waals surface area contributed by atoms with E-state index in [0.717, 1.165) is 18.9 Å². The molecule has 1 fully saturated rings. The Morgan fingerprint density at radius 3 is 2.45 bits per heavy atom. The van der Waals surface area contributed by atoms with Gasteiger partial charge in [0.05, 0.1) is 0 Å². The van der Waals surface area contributed by atoms with Crippen molar-refractivity contribution in [3.05, 3.63) is 35.1 Å². The summed E-state index contributed by atoms with van der Waals surface area (Å²) in [4.78, 5) is 0. The smallest absolute Gasteiger partial charge is 0.194 e. The number of halogens is 3. The van der Waals surface area contributed by atoms with E-state index in [1.165, 1.54) is 38.2 Å². The third kappa shape index (κ3) is 3.54. The van der Waals surface area contributed by atoms with Crippen LogP contribution in [0.3, 0.4) is 0 Å². The maximum Gasteiger partial charge on any atom is 0.194 e. The first-order valence-corrected chi connectivity index (χ1v) is 7.44. The van der Waals surface area contributed by atoms with Gasteiger partial charge in [-0.05, 0) is 31.9 Å². The van der Waals surface area contributed by atoms with Crippen LogP contribution in [-0.2, 0) is 0 Å². The Morgan fingerprint density at radius 1 is 1.10 bits per heavy atom. The molecule has 0 aliphatic heterocycles. The van der Waals surface area contributed by atoms with Gasteiger partial charge < -0.3 is 5.32 Å². The van der Waals surface area contributed by atoms with E-state index in [1.807, 2.05) is 0 Å². The van der Waals surface area contributed by atoms with E-state index >= 15 is 0 Å². The summed E-state index contributed by atoms with van der Waals surface area (Å²) in [5.41, 5.74) is 0.224. The zero-order valence-electron chi connectivity index (χ0n) is 11.9. The van der Waals surface area contributed by atoms with E-state index in [0.29, 0.717) is 5.92 Å². The second kappa shape index (κ2) is 7.11. The fourth-order valence-electron chi connectivity index (χ4n) is 3.14. The van der Waals surface area contributed by atoms with E-state index in [4.69, 9.17) is 0 Å². The van der Waals surface area contributed by atoms with Gasteiger partial charge in [0.15, 0.2) is 17.5 Å². The van der Waals surface area contributed by atoms with E-state index < -0.39 is 17.5 Å². The second-order valence-corrected chi connectivity index (χ2v) is 5.69. The molecule has 1 saturated carbocycles. The lowest BCUT2D eigenvalue weighted by atomic mass is 9.84. The molecule has 0 aromatic heterocycles. The summed E-state index contributed by atoms with van der Waals surface area (Å²) >= 11 is 0. The molecular weight excluding hydrogens is 263 g/mol. The molecule has 1 nitrogen and oxygen atoms in total. The molecule has 0 bridgehead atoms. The topological polar surface area (TPSA) is 12.0 Å². The highest BCUT2D eigenvalue weighted by Gasteiger charge is 2.21. The molecule has 1 atom stereocenters. The van der Waals surface area contributed by atoms with Crippen LogP contribution in [0, 0.1) is 23.4 Å². The second-order valence-electron chi connectivity index (χ2n) is 5.69. The minimum Gasteiger partial charge on any atom is -0.313 e. The zero-order chi connectivity index (χ0) is 14.5. The highest BCUT2D eigenvalue weighted by Crippen LogP contribution is 2.31. The predicted molar refractivity (Wildman–Crippen MR) is 73.9 cm³/mol. The van der Waals surface area contributed by atoms with Crippen molar-refractivity contribution < 1.29 is 13.2 Å². The van der Waals surface area contributed by atoms with E-state index in [9.17, 15) is 13.2 Å². The molecule has 0 amide bonds. The number of hydrogen-bond donors (Lipinski definition) is 1. The quantitative estimate of drug-likeness (QED) is 0.771. The van der Waals surface area contributed by atoms with Gasteiger partial charge in [0.1, 0.15) is 0 Å². The fraction of sp³-hybridized carbons (Fsp3) is 0.625. The third-order valence-corrected chi connectivity index (χ3v) is 4.38. The molecule has 112 valence electrons. The van der Waals surface area contributed by atoms with Crippen LogP contribution in [0.15, 0.2) is 12.1 Å². The number of nitrogens with one attached hydrogen (secondary N) is 1. The predicted octanol–water partition coefficient (Wildman–Crippen LogP) is 4.72.